The maximum atomic E-state index is 10.9. The summed E-state index contributed by atoms with van der Waals surface area (Å²) in [5, 5.41) is 10.9. The molecule has 0 aliphatic carbocycles. The van der Waals surface area contributed by atoms with Crippen LogP contribution in [0.15, 0.2) is 42.5 Å². The Morgan fingerprint density at radius 1 is 1.00 bits per heavy atom. The van der Waals surface area contributed by atoms with Crippen molar-refractivity contribution in [1.82, 2.24) is 0 Å². The third kappa shape index (κ3) is 3.07. The standard InChI is InChI=1S/C11H10O4S.Na/c12-11(16(13,14)15)10-7-3-5-8-4-1-2-6-9(8)10;/h1-7,11-12H,(H,13,14,15);/q;+1. The quantitative estimate of drug-likeness (QED) is 0.522. The van der Waals surface area contributed by atoms with Gasteiger partial charge in [-0.05, 0) is 10.8 Å². The molecule has 1 atom stereocenters. The summed E-state index contributed by atoms with van der Waals surface area (Å²) in [5.41, 5.74) is -1.72. The van der Waals surface area contributed by atoms with Gasteiger partial charge in [-0.3, -0.25) is 4.55 Å². The summed E-state index contributed by atoms with van der Waals surface area (Å²) in [6.07, 6.45) is 0. The molecule has 0 heterocycles. The third-order valence-electron chi connectivity index (χ3n) is 2.37. The minimum Gasteiger partial charge on any atom is -0.371 e. The van der Waals surface area contributed by atoms with Crippen LogP contribution in [0.4, 0.5) is 0 Å². The molecule has 0 saturated heterocycles. The molecule has 0 radical (unpaired) electrons. The number of aliphatic hydroxyl groups is 1. The Kier molecular flexibility index (Phi) is 4.71. The minimum absolute atomic E-state index is 0. The van der Waals surface area contributed by atoms with Crippen molar-refractivity contribution in [1.29, 1.82) is 0 Å². The van der Waals surface area contributed by atoms with E-state index in [0.29, 0.717) is 5.39 Å². The molecule has 2 aromatic rings. The maximum absolute atomic E-state index is 10.9. The number of hydrogen-bond acceptors (Lipinski definition) is 3. The summed E-state index contributed by atoms with van der Waals surface area (Å²) in [6.45, 7) is 0. The number of benzene rings is 2. The Hall–Kier alpha value is -0.430. The summed E-state index contributed by atoms with van der Waals surface area (Å²) >= 11 is 0. The van der Waals surface area contributed by atoms with Gasteiger partial charge in [0.1, 0.15) is 0 Å². The Labute approximate surface area is 121 Å². The molecule has 6 heteroatoms. The second kappa shape index (κ2) is 5.48. The smallest absolute Gasteiger partial charge is 0.371 e. The van der Waals surface area contributed by atoms with E-state index in [1.165, 1.54) is 6.07 Å². The average Bonchev–Trinajstić information content (AvgIpc) is 2.26. The minimum atomic E-state index is -4.49. The van der Waals surface area contributed by atoms with Gasteiger partial charge >= 0.3 is 29.6 Å². The molecule has 0 saturated carbocycles. The van der Waals surface area contributed by atoms with Gasteiger partial charge in [-0.1, -0.05) is 42.5 Å². The first kappa shape index (κ1) is 14.6. The third-order valence-corrected chi connectivity index (χ3v) is 3.19. The Balaban J connectivity index is 0.00000144. The maximum Gasteiger partial charge on any atom is 1.00 e. The van der Waals surface area contributed by atoms with Gasteiger partial charge in [-0.15, -0.1) is 0 Å². The number of hydrogen-bond donors (Lipinski definition) is 2. The fraction of sp³-hybridized carbons (Fsp3) is 0.0909. The predicted molar refractivity (Wildman–Crippen MR) is 60.5 cm³/mol. The Morgan fingerprint density at radius 3 is 2.24 bits per heavy atom. The van der Waals surface area contributed by atoms with Gasteiger partial charge in [0.05, 0.1) is 0 Å². The second-order valence-electron chi connectivity index (χ2n) is 3.44. The fourth-order valence-electron chi connectivity index (χ4n) is 1.63. The number of fused-ring (bicyclic) bond motifs is 1. The van der Waals surface area contributed by atoms with Gasteiger partial charge in [0.25, 0.3) is 10.1 Å². The van der Waals surface area contributed by atoms with Crippen molar-refractivity contribution in [3.05, 3.63) is 48.0 Å². The molecule has 1 unspecified atom stereocenters. The van der Waals surface area contributed by atoms with Crippen LogP contribution in [0.1, 0.15) is 11.0 Å². The van der Waals surface area contributed by atoms with Gasteiger partial charge in [-0.2, -0.15) is 8.42 Å². The van der Waals surface area contributed by atoms with Crippen molar-refractivity contribution in [2.24, 2.45) is 0 Å². The molecule has 4 nitrogen and oxygen atoms in total. The van der Waals surface area contributed by atoms with Crippen LogP contribution in [0.5, 0.6) is 0 Å². The van der Waals surface area contributed by atoms with Gasteiger partial charge in [0.2, 0.25) is 5.44 Å². The summed E-state index contributed by atoms with van der Waals surface area (Å²) < 4.78 is 30.6. The van der Waals surface area contributed by atoms with E-state index in [9.17, 15) is 13.5 Å². The second-order valence-corrected chi connectivity index (χ2v) is 4.91. The molecule has 0 spiro atoms. The monoisotopic (exact) mass is 261 g/mol. The van der Waals surface area contributed by atoms with Crippen LogP contribution < -0.4 is 29.6 Å². The van der Waals surface area contributed by atoms with Gasteiger partial charge < -0.3 is 5.11 Å². The van der Waals surface area contributed by atoms with E-state index in [1.54, 1.807) is 30.3 Å². The first-order valence-corrected chi connectivity index (χ1v) is 6.12. The Bertz CT molecular complexity index is 619. The van der Waals surface area contributed by atoms with E-state index in [0.717, 1.165) is 5.39 Å². The van der Waals surface area contributed by atoms with E-state index in [-0.39, 0.29) is 35.1 Å². The Morgan fingerprint density at radius 2 is 1.59 bits per heavy atom. The summed E-state index contributed by atoms with van der Waals surface area (Å²) in [6, 6.07) is 11.9. The van der Waals surface area contributed by atoms with E-state index >= 15 is 0 Å². The molecule has 2 aromatic carbocycles. The van der Waals surface area contributed by atoms with Gasteiger partial charge in [0, 0.05) is 5.56 Å². The summed E-state index contributed by atoms with van der Waals surface area (Å²) in [5.74, 6) is 0. The molecule has 0 aromatic heterocycles. The zero-order valence-corrected chi connectivity index (χ0v) is 12.1. The molecule has 2 rings (SSSR count). The largest absolute Gasteiger partial charge is 1.00 e. The van der Waals surface area contributed by atoms with Gasteiger partial charge in [-0.25, -0.2) is 0 Å². The van der Waals surface area contributed by atoms with Crippen LogP contribution in [-0.2, 0) is 10.1 Å². The molecule has 84 valence electrons. The fourth-order valence-corrected chi connectivity index (χ4v) is 2.15. The zero-order chi connectivity index (χ0) is 11.8. The van der Waals surface area contributed by atoms with E-state index in [4.69, 9.17) is 4.55 Å². The van der Waals surface area contributed by atoms with Crippen molar-refractivity contribution in [3.8, 4) is 0 Å². The van der Waals surface area contributed by atoms with Crippen LogP contribution in [0.3, 0.4) is 0 Å². The van der Waals surface area contributed by atoms with Crippen molar-refractivity contribution < 1.29 is 47.6 Å². The average molecular weight is 261 g/mol. The SMILES string of the molecule is O=S(=O)(O)C(O)c1cccc2ccccc12.[Na+]. The first-order chi connectivity index (χ1) is 7.50. The predicted octanol–water partition coefficient (Wildman–Crippen LogP) is -1.28. The summed E-state index contributed by atoms with van der Waals surface area (Å²) in [7, 11) is -4.49. The molecular formula is C11H10NaO4S+. The molecule has 0 aliphatic rings. The van der Waals surface area contributed by atoms with Crippen molar-refractivity contribution in [2.45, 2.75) is 5.44 Å². The topological polar surface area (TPSA) is 74.6 Å². The van der Waals surface area contributed by atoms with Crippen LogP contribution in [0.25, 0.3) is 10.8 Å². The number of rotatable bonds is 2. The van der Waals surface area contributed by atoms with Crippen molar-refractivity contribution in [3.63, 3.8) is 0 Å². The van der Waals surface area contributed by atoms with Crippen molar-refractivity contribution in [2.75, 3.05) is 0 Å². The molecular weight excluding hydrogens is 251 g/mol. The van der Waals surface area contributed by atoms with E-state index in [1.807, 2.05) is 6.07 Å². The first-order valence-electron chi connectivity index (χ1n) is 4.62. The van der Waals surface area contributed by atoms with Gasteiger partial charge in [0.15, 0.2) is 0 Å². The number of aliphatic hydroxyl groups excluding tert-OH is 1. The molecule has 0 fully saturated rings. The van der Waals surface area contributed by atoms with Crippen LogP contribution in [-0.4, -0.2) is 18.1 Å². The normalized spacial score (nSPS) is 13.1. The zero-order valence-electron chi connectivity index (χ0n) is 9.24. The molecule has 0 aliphatic heterocycles. The van der Waals surface area contributed by atoms with Crippen molar-refractivity contribution >= 4 is 20.9 Å². The van der Waals surface area contributed by atoms with Crippen LogP contribution in [0.2, 0.25) is 0 Å². The van der Waals surface area contributed by atoms with Crippen LogP contribution in [0, 0.1) is 0 Å². The van der Waals surface area contributed by atoms with Crippen LogP contribution >= 0.6 is 0 Å². The molecule has 0 amide bonds. The molecule has 2 N–H and O–H groups in total. The summed E-state index contributed by atoms with van der Waals surface area (Å²) in [4.78, 5) is 0. The van der Waals surface area contributed by atoms with E-state index in [2.05, 4.69) is 0 Å². The molecule has 0 bridgehead atoms. The molecule has 17 heavy (non-hydrogen) atoms. The van der Waals surface area contributed by atoms with E-state index < -0.39 is 15.6 Å².